The topological polar surface area (TPSA) is 114 Å². The van der Waals surface area contributed by atoms with Crippen LogP contribution in [0.2, 0.25) is 0 Å². The van der Waals surface area contributed by atoms with Gasteiger partial charge in [0, 0.05) is 0 Å². The molecule has 0 aromatic carbocycles. The van der Waals surface area contributed by atoms with Crippen LogP contribution in [0, 0.1) is 21.7 Å². The van der Waals surface area contributed by atoms with Crippen molar-refractivity contribution in [1.82, 2.24) is 0 Å². The molecule has 0 bridgehead atoms. The van der Waals surface area contributed by atoms with Crippen molar-refractivity contribution in [3.05, 3.63) is 0 Å². The van der Waals surface area contributed by atoms with Gasteiger partial charge in [0.15, 0.2) is 18.3 Å². The fourth-order valence-corrected chi connectivity index (χ4v) is 2.65. The second-order valence-corrected chi connectivity index (χ2v) is 13.2. The quantitative estimate of drug-likeness (QED) is 0.410. The van der Waals surface area contributed by atoms with E-state index in [2.05, 4.69) is 0 Å². The molecule has 0 aliphatic carbocycles. The summed E-state index contributed by atoms with van der Waals surface area (Å²) in [5.41, 5.74) is -3.33. The van der Waals surface area contributed by atoms with E-state index in [9.17, 15) is 19.2 Å². The monoisotopic (exact) mass is 500 g/mol. The molecular formula is C26H44O9. The molecule has 1 saturated heterocycles. The molecule has 9 nitrogen and oxygen atoms in total. The van der Waals surface area contributed by atoms with E-state index < -0.39 is 70.0 Å². The molecule has 35 heavy (non-hydrogen) atoms. The summed E-state index contributed by atoms with van der Waals surface area (Å²) in [7, 11) is 0. The zero-order valence-electron chi connectivity index (χ0n) is 23.4. The van der Waals surface area contributed by atoms with Crippen LogP contribution in [0.25, 0.3) is 0 Å². The molecule has 0 radical (unpaired) electrons. The maximum absolute atomic E-state index is 12.9. The van der Waals surface area contributed by atoms with Gasteiger partial charge in [0.1, 0.15) is 12.7 Å². The molecule has 0 amide bonds. The molecule has 0 unspecified atom stereocenters. The molecule has 9 heteroatoms. The lowest BCUT2D eigenvalue weighted by molar-refractivity contribution is -0.240. The van der Waals surface area contributed by atoms with E-state index in [0.717, 1.165) is 0 Å². The van der Waals surface area contributed by atoms with Gasteiger partial charge in [-0.05, 0) is 83.1 Å². The van der Waals surface area contributed by atoms with Crippen molar-refractivity contribution in [2.45, 2.75) is 108 Å². The van der Waals surface area contributed by atoms with Gasteiger partial charge in [0.2, 0.25) is 0 Å². The van der Waals surface area contributed by atoms with Crippen molar-refractivity contribution in [2.24, 2.45) is 21.7 Å². The van der Waals surface area contributed by atoms with Crippen molar-refractivity contribution in [3.63, 3.8) is 0 Å². The number of ether oxygens (including phenoxy) is 5. The summed E-state index contributed by atoms with van der Waals surface area (Å²) in [6, 6.07) is 0. The van der Waals surface area contributed by atoms with E-state index in [0.29, 0.717) is 0 Å². The standard InChI is InChI=1S/C26H44O9/c1-23(2,3)19(27)32-13-15-17(34-21(29)25(7,8)9)18(35-22(30)26(10,11)12)16(14-31-15)33-20(28)24(4,5)6/h15-18H,13-14H2,1-12H3/t15-,16+,17-,18-/m1/s1. The number of esters is 4. The van der Waals surface area contributed by atoms with E-state index in [1.54, 1.807) is 83.1 Å². The highest BCUT2D eigenvalue weighted by atomic mass is 16.7. The first-order valence-electron chi connectivity index (χ1n) is 12.0. The average Bonchev–Trinajstić information content (AvgIpc) is 2.65. The molecule has 0 N–H and O–H groups in total. The second kappa shape index (κ2) is 10.8. The van der Waals surface area contributed by atoms with Gasteiger partial charge < -0.3 is 23.7 Å². The van der Waals surface area contributed by atoms with Crippen LogP contribution in [0.3, 0.4) is 0 Å². The lowest BCUT2D eigenvalue weighted by Gasteiger charge is -2.42. The summed E-state index contributed by atoms with van der Waals surface area (Å²) in [5.74, 6) is -2.13. The maximum atomic E-state index is 12.9. The van der Waals surface area contributed by atoms with Gasteiger partial charge in [0.05, 0.1) is 28.3 Å². The summed E-state index contributed by atoms with van der Waals surface area (Å²) < 4.78 is 28.6. The molecule has 1 rings (SSSR count). The van der Waals surface area contributed by atoms with Crippen LogP contribution >= 0.6 is 0 Å². The first-order valence-corrected chi connectivity index (χ1v) is 12.0. The smallest absolute Gasteiger partial charge is 0.311 e. The first-order chi connectivity index (χ1) is 15.5. The Hall–Kier alpha value is -2.16. The van der Waals surface area contributed by atoms with Crippen molar-refractivity contribution in [3.8, 4) is 0 Å². The Kier molecular flexibility index (Phi) is 9.57. The third-order valence-corrected chi connectivity index (χ3v) is 5.10. The summed E-state index contributed by atoms with van der Waals surface area (Å²) in [4.78, 5) is 50.7. The largest absolute Gasteiger partial charge is 0.462 e. The Balaban J connectivity index is 3.38. The summed E-state index contributed by atoms with van der Waals surface area (Å²) in [6.07, 6.45) is -4.30. The minimum atomic E-state index is -1.17. The Morgan fingerprint density at radius 3 is 1.37 bits per heavy atom. The van der Waals surface area contributed by atoms with E-state index in [4.69, 9.17) is 23.7 Å². The molecule has 0 saturated carbocycles. The predicted molar refractivity (Wildman–Crippen MR) is 128 cm³/mol. The third kappa shape index (κ3) is 9.09. The fourth-order valence-electron chi connectivity index (χ4n) is 2.65. The lowest BCUT2D eigenvalue weighted by atomic mass is 9.93. The summed E-state index contributed by atoms with van der Waals surface area (Å²) in [5, 5.41) is 0. The van der Waals surface area contributed by atoms with Crippen LogP contribution < -0.4 is 0 Å². The summed E-state index contributed by atoms with van der Waals surface area (Å²) >= 11 is 0. The number of hydrogen-bond acceptors (Lipinski definition) is 9. The van der Waals surface area contributed by atoms with E-state index in [1.165, 1.54) is 0 Å². The predicted octanol–water partition coefficient (Wildman–Crippen LogP) is 3.85. The van der Waals surface area contributed by atoms with Gasteiger partial charge in [-0.2, -0.15) is 0 Å². The molecule has 4 atom stereocenters. The normalized spacial score (nSPS) is 23.8. The van der Waals surface area contributed by atoms with Gasteiger partial charge in [-0.3, -0.25) is 19.2 Å². The van der Waals surface area contributed by atoms with Crippen molar-refractivity contribution in [2.75, 3.05) is 13.2 Å². The highest BCUT2D eigenvalue weighted by Gasteiger charge is 2.50. The van der Waals surface area contributed by atoms with E-state index >= 15 is 0 Å². The highest BCUT2D eigenvalue weighted by Crippen LogP contribution is 2.31. The van der Waals surface area contributed by atoms with Gasteiger partial charge in [-0.15, -0.1) is 0 Å². The van der Waals surface area contributed by atoms with Gasteiger partial charge in [-0.1, -0.05) is 0 Å². The van der Waals surface area contributed by atoms with Crippen LogP contribution in [0.5, 0.6) is 0 Å². The first kappa shape index (κ1) is 30.9. The summed E-state index contributed by atoms with van der Waals surface area (Å²) in [6.45, 7) is 20.0. The minimum absolute atomic E-state index is 0.134. The zero-order chi connectivity index (χ0) is 27.6. The Morgan fingerprint density at radius 2 is 0.971 bits per heavy atom. The Bertz CT molecular complexity index is 788. The van der Waals surface area contributed by atoms with Gasteiger partial charge in [-0.25, -0.2) is 0 Å². The molecular weight excluding hydrogens is 456 g/mol. The fraction of sp³-hybridized carbons (Fsp3) is 0.846. The van der Waals surface area contributed by atoms with Crippen molar-refractivity contribution in [1.29, 1.82) is 0 Å². The number of hydrogen-bond donors (Lipinski definition) is 0. The van der Waals surface area contributed by atoms with E-state index in [-0.39, 0.29) is 13.2 Å². The molecule has 0 aromatic rings. The second-order valence-electron chi connectivity index (χ2n) is 13.2. The molecule has 0 spiro atoms. The molecule has 202 valence electrons. The molecule has 1 heterocycles. The molecule has 0 aromatic heterocycles. The zero-order valence-corrected chi connectivity index (χ0v) is 23.4. The van der Waals surface area contributed by atoms with Crippen molar-refractivity contribution < 1.29 is 42.9 Å². The van der Waals surface area contributed by atoms with Crippen LogP contribution in [-0.4, -0.2) is 61.5 Å². The number of carbonyl (C=O) groups is 4. The Labute approximate surface area is 209 Å². The molecule has 1 fully saturated rings. The van der Waals surface area contributed by atoms with Crippen LogP contribution in [0.1, 0.15) is 83.1 Å². The minimum Gasteiger partial charge on any atom is -0.462 e. The molecule has 1 aliphatic rings. The number of carbonyl (C=O) groups excluding carboxylic acids is 4. The Morgan fingerprint density at radius 1 is 0.600 bits per heavy atom. The van der Waals surface area contributed by atoms with Crippen molar-refractivity contribution >= 4 is 23.9 Å². The van der Waals surface area contributed by atoms with Crippen LogP contribution in [0.4, 0.5) is 0 Å². The van der Waals surface area contributed by atoms with E-state index in [1.807, 2.05) is 0 Å². The van der Waals surface area contributed by atoms with Gasteiger partial charge in [0.25, 0.3) is 0 Å². The van der Waals surface area contributed by atoms with Crippen LogP contribution in [-0.2, 0) is 42.9 Å². The van der Waals surface area contributed by atoms with Crippen LogP contribution in [0.15, 0.2) is 0 Å². The maximum Gasteiger partial charge on any atom is 0.311 e. The molecule has 1 aliphatic heterocycles. The number of rotatable bonds is 5. The lowest BCUT2D eigenvalue weighted by Crippen LogP contribution is -2.60. The van der Waals surface area contributed by atoms with Gasteiger partial charge >= 0.3 is 23.9 Å². The highest BCUT2D eigenvalue weighted by molar-refractivity contribution is 5.78. The SMILES string of the molecule is CC(C)(C)C(=O)OC[C@H]1OC[C@H](OC(=O)C(C)(C)C)[C@@H](OC(=O)C(C)(C)C)[C@@H]1OC(=O)C(C)(C)C. The third-order valence-electron chi connectivity index (χ3n) is 5.10. The average molecular weight is 501 g/mol.